The molecule has 0 radical (unpaired) electrons. The van der Waals surface area contributed by atoms with E-state index in [1.54, 1.807) is 0 Å². The maximum atomic E-state index is 2.57. The summed E-state index contributed by atoms with van der Waals surface area (Å²) in [4.78, 5) is 0. The molecule has 0 N–H and O–H groups in total. The molecule has 1 heterocycles. The van der Waals surface area contributed by atoms with E-state index in [0.29, 0.717) is 6.04 Å². The molecule has 0 saturated carbocycles. The highest BCUT2D eigenvalue weighted by Crippen LogP contribution is 2.41. The summed E-state index contributed by atoms with van der Waals surface area (Å²) in [7, 11) is 0. The summed E-state index contributed by atoms with van der Waals surface area (Å²) in [5.41, 5.74) is 2.90. The number of aromatic nitrogens is 2. The first-order valence-electron chi connectivity index (χ1n) is 19.8. The second-order valence-electron chi connectivity index (χ2n) is 14.6. The van der Waals surface area contributed by atoms with Crippen LogP contribution in [0.5, 0.6) is 0 Å². The number of imidazole rings is 1. The van der Waals surface area contributed by atoms with E-state index in [0.717, 1.165) is 13.0 Å². The summed E-state index contributed by atoms with van der Waals surface area (Å²) < 4.78 is 5.01. The van der Waals surface area contributed by atoms with Crippen LogP contribution >= 0.6 is 0 Å². The maximum Gasteiger partial charge on any atom is 0.244 e. The summed E-state index contributed by atoms with van der Waals surface area (Å²) in [6.45, 7) is 8.25. The third kappa shape index (κ3) is 14.6. The molecule has 2 atom stereocenters. The van der Waals surface area contributed by atoms with Crippen molar-refractivity contribution in [2.75, 3.05) is 0 Å². The Morgan fingerprint density at radius 1 is 0.565 bits per heavy atom. The third-order valence-corrected chi connectivity index (χ3v) is 10.5. The van der Waals surface area contributed by atoms with Crippen LogP contribution in [0.2, 0.25) is 0 Å². The van der Waals surface area contributed by atoms with E-state index in [4.69, 9.17) is 0 Å². The summed E-state index contributed by atoms with van der Waals surface area (Å²) >= 11 is 0. The van der Waals surface area contributed by atoms with Crippen molar-refractivity contribution in [1.29, 1.82) is 0 Å². The minimum atomic E-state index is 0.0106. The molecular formula is C44H71N2+. The molecule has 0 spiro atoms. The second kappa shape index (κ2) is 23.9. The smallest absolute Gasteiger partial charge is 0.237 e. The summed E-state index contributed by atoms with van der Waals surface area (Å²) in [6, 6.07) is 23.0. The lowest BCUT2D eigenvalue weighted by Gasteiger charge is -2.37. The van der Waals surface area contributed by atoms with Crippen LogP contribution in [-0.2, 0) is 18.4 Å². The molecule has 2 heteroatoms. The van der Waals surface area contributed by atoms with Crippen LogP contribution in [0.15, 0.2) is 79.4 Å². The Morgan fingerprint density at radius 2 is 1.02 bits per heavy atom. The highest BCUT2D eigenvalue weighted by atomic mass is 15.1. The average Bonchev–Trinajstić information content (AvgIpc) is 3.55. The van der Waals surface area contributed by atoms with E-state index in [1.807, 2.05) is 0 Å². The Bertz CT molecular complexity index is 1100. The van der Waals surface area contributed by atoms with Crippen LogP contribution in [-0.4, -0.2) is 4.57 Å². The SMILES string of the molecule is CCCCCCCCCCCCCCCCCCCC(n1cc[n+](CCCCCC)c1)C(C)(Cc1ccccc1)c1ccccc1. The molecule has 3 rings (SSSR count). The Kier molecular flexibility index (Phi) is 19.8. The molecule has 0 saturated heterocycles. The molecule has 0 aliphatic heterocycles. The van der Waals surface area contributed by atoms with Crippen LogP contribution in [0.25, 0.3) is 0 Å². The minimum absolute atomic E-state index is 0.0106. The fraction of sp³-hybridized carbons (Fsp3) is 0.659. The number of hydrogen-bond acceptors (Lipinski definition) is 0. The van der Waals surface area contributed by atoms with Gasteiger partial charge < -0.3 is 0 Å². The van der Waals surface area contributed by atoms with Gasteiger partial charge in [-0.2, -0.15) is 0 Å². The van der Waals surface area contributed by atoms with Gasteiger partial charge in [-0.25, -0.2) is 9.13 Å². The van der Waals surface area contributed by atoms with Gasteiger partial charge in [-0.1, -0.05) is 197 Å². The van der Waals surface area contributed by atoms with Crippen molar-refractivity contribution in [3.8, 4) is 0 Å². The Hall–Kier alpha value is -2.35. The second-order valence-corrected chi connectivity index (χ2v) is 14.6. The molecule has 1 aromatic heterocycles. The van der Waals surface area contributed by atoms with Gasteiger partial charge in [-0.05, 0) is 43.2 Å². The molecule has 2 aromatic carbocycles. The lowest BCUT2D eigenvalue weighted by molar-refractivity contribution is -0.697. The monoisotopic (exact) mass is 628 g/mol. The summed E-state index contributed by atoms with van der Waals surface area (Å²) in [6.07, 6.45) is 38.8. The Labute approximate surface area is 285 Å². The van der Waals surface area contributed by atoms with Crippen molar-refractivity contribution in [3.63, 3.8) is 0 Å². The van der Waals surface area contributed by atoms with E-state index >= 15 is 0 Å². The van der Waals surface area contributed by atoms with E-state index in [2.05, 4.69) is 109 Å². The first-order chi connectivity index (χ1) is 22.7. The highest BCUT2D eigenvalue weighted by molar-refractivity contribution is 5.30. The molecule has 2 unspecified atom stereocenters. The van der Waals surface area contributed by atoms with Crippen LogP contribution in [0.4, 0.5) is 0 Å². The fourth-order valence-corrected chi connectivity index (χ4v) is 7.56. The third-order valence-electron chi connectivity index (χ3n) is 10.5. The van der Waals surface area contributed by atoms with Gasteiger partial charge in [0.05, 0.1) is 6.54 Å². The van der Waals surface area contributed by atoms with Crippen LogP contribution in [0.3, 0.4) is 0 Å². The molecule has 0 fully saturated rings. The van der Waals surface area contributed by atoms with Gasteiger partial charge in [0.1, 0.15) is 18.4 Å². The lowest BCUT2D eigenvalue weighted by Crippen LogP contribution is -2.38. The van der Waals surface area contributed by atoms with Crippen molar-refractivity contribution in [2.45, 2.75) is 186 Å². The zero-order chi connectivity index (χ0) is 32.5. The van der Waals surface area contributed by atoms with Crippen LogP contribution < -0.4 is 4.57 Å². The number of hydrogen-bond donors (Lipinski definition) is 0. The van der Waals surface area contributed by atoms with Gasteiger partial charge in [-0.15, -0.1) is 0 Å². The molecule has 46 heavy (non-hydrogen) atoms. The topological polar surface area (TPSA) is 8.81 Å². The van der Waals surface area contributed by atoms with Crippen molar-refractivity contribution in [1.82, 2.24) is 4.57 Å². The standard InChI is InChI=1S/C44H71N2/c1-4-6-8-10-11-12-13-14-15-16-17-18-19-20-21-22-29-35-43(46-38-37-45(40-46)36-30-9-7-5-2)44(3,42-33-27-24-28-34-42)39-41-31-25-23-26-32-41/h23-28,31-34,37-38,40,43H,4-22,29-30,35-36,39H2,1-3H3/q+1. The van der Waals surface area contributed by atoms with Gasteiger partial charge in [0.2, 0.25) is 6.33 Å². The normalized spacial score (nSPS) is 13.5. The van der Waals surface area contributed by atoms with E-state index < -0.39 is 0 Å². The number of rotatable bonds is 28. The predicted molar refractivity (Wildman–Crippen MR) is 201 cm³/mol. The van der Waals surface area contributed by atoms with Crippen molar-refractivity contribution >= 4 is 0 Å². The lowest BCUT2D eigenvalue weighted by atomic mass is 9.70. The Morgan fingerprint density at radius 3 is 1.54 bits per heavy atom. The van der Waals surface area contributed by atoms with E-state index in [1.165, 1.54) is 152 Å². The van der Waals surface area contributed by atoms with Crippen LogP contribution in [0.1, 0.15) is 179 Å². The van der Waals surface area contributed by atoms with Gasteiger partial charge in [0.25, 0.3) is 0 Å². The molecule has 2 nitrogen and oxygen atoms in total. The number of unbranched alkanes of at least 4 members (excludes halogenated alkanes) is 19. The first kappa shape index (κ1) is 38.1. The number of aryl methyl sites for hydroxylation is 1. The van der Waals surface area contributed by atoms with E-state index in [-0.39, 0.29) is 5.41 Å². The molecular weight excluding hydrogens is 556 g/mol. The van der Waals surface area contributed by atoms with Gasteiger partial charge in [0.15, 0.2) is 0 Å². The van der Waals surface area contributed by atoms with Gasteiger partial charge in [0, 0.05) is 5.41 Å². The van der Waals surface area contributed by atoms with Crippen molar-refractivity contribution in [3.05, 3.63) is 90.5 Å². The predicted octanol–water partition coefficient (Wildman–Crippen LogP) is 13.1. The highest BCUT2D eigenvalue weighted by Gasteiger charge is 2.40. The summed E-state index contributed by atoms with van der Waals surface area (Å²) in [5.74, 6) is 0. The largest absolute Gasteiger partial charge is 0.244 e. The molecule has 3 aromatic rings. The Balaban J connectivity index is 1.48. The average molecular weight is 628 g/mol. The summed E-state index contributed by atoms with van der Waals surface area (Å²) in [5, 5.41) is 0. The van der Waals surface area contributed by atoms with Crippen molar-refractivity contribution in [2.24, 2.45) is 0 Å². The number of benzene rings is 2. The molecule has 0 aliphatic carbocycles. The first-order valence-corrected chi connectivity index (χ1v) is 19.8. The number of nitrogens with zero attached hydrogens (tertiary/aromatic N) is 2. The maximum absolute atomic E-state index is 2.57. The molecule has 256 valence electrons. The minimum Gasteiger partial charge on any atom is -0.237 e. The zero-order valence-corrected chi connectivity index (χ0v) is 30.4. The quantitative estimate of drug-likeness (QED) is 0.0559. The van der Waals surface area contributed by atoms with Crippen LogP contribution in [0, 0.1) is 0 Å². The van der Waals surface area contributed by atoms with Gasteiger partial charge in [-0.3, -0.25) is 0 Å². The molecule has 0 aliphatic rings. The van der Waals surface area contributed by atoms with Gasteiger partial charge >= 0.3 is 0 Å². The molecule has 0 bridgehead atoms. The fourth-order valence-electron chi connectivity index (χ4n) is 7.56. The van der Waals surface area contributed by atoms with Crippen molar-refractivity contribution < 1.29 is 4.57 Å². The molecule has 0 amide bonds. The zero-order valence-electron chi connectivity index (χ0n) is 30.4. The van der Waals surface area contributed by atoms with E-state index in [9.17, 15) is 0 Å².